The number of carboxylic acid groups (broad SMARTS) is 1. The third kappa shape index (κ3) is 2.62. The largest absolute Gasteiger partial charge is 0.465 e. The number of benzene rings is 1. The molecule has 0 saturated carbocycles. The maximum atomic E-state index is 11.4. The standard InChI is InChI=1S/C14H18BrNO3/c1-14(2,3)12-9-5-4-8(15)6-10(9)11(17)7-16(12)13(18)19/h4-6,11-12,17H,7H2,1-3H3,(H,18,19). The van der Waals surface area contributed by atoms with Crippen LogP contribution in [0.5, 0.6) is 0 Å². The molecule has 2 atom stereocenters. The lowest BCUT2D eigenvalue weighted by Crippen LogP contribution is -2.46. The van der Waals surface area contributed by atoms with Gasteiger partial charge < -0.3 is 10.2 Å². The van der Waals surface area contributed by atoms with Crippen LogP contribution in [0.4, 0.5) is 4.79 Å². The predicted molar refractivity (Wildman–Crippen MR) is 76.0 cm³/mol. The van der Waals surface area contributed by atoms with Gasteiger partial charge in [-0.1, -0.05) is 42.8 Å². The monoisotopic (exact) mass is 327 g/mol. The Morgan fingerprint density at radius 3 is 2.53 bits per heavy atom. The molecule has 1 aliphatic heterocycles. The van der Waals surface area contributed by atoms with E-state index in [1.807, 2.05) is 39.0 Å². The van der Waals surface area contributed by atoms with E-state index in [0.29, 0.717) is 0 Å². The quantitative estimate of drug-likeness (QED) is 0.765. The van der Waals surface area contributed by atoms with Crippen molar-refractivity contribution in [1.82, 2.24) is 4.90 Å². The average Bonchev–Trinajstić information content (AvgIpc) is 2.27. The first-order valence-corrected chi connectivity index (χ1v) is 6.98. The predicted octanol–water partition coefficient (Wildman–Crippen LogP) is 3.56. The lowest BCUT2D eigenvalue weighted by molar-refractivity contribution is 0.0276. The molecule has 0 spiro atoms. The van der Waals surface area contributed by atoms with Crippen LogP contribution in [0.3, 0.4) is 0 Å². The highest BCUT2D eigenvalue weighted by molar-refractivity contribution is 9.10. The van der Waals surface area contributed by atoms with Crippen LogP contribution in [-0.2, 0) is 0 Å². The summed E-state index contributed by atoms with van der Waals surface area (Å²) in [7, 11) is 0. The van der Waals surface area contributed by atoms with Gasteiger partial charge in [-0.3, -0.25) is 4.90 Å². The molecule has 2 unspecified atom stereocenters. The first-order valence-electron chi connectivity index (χ1n) is 6.19. The number of hydrogen-bond donors (Lipinski definition) is 2. The molecule has 0 aromatic heterocycles. The number of hydrogen-bond acceptors (Lipinski definition) is 2. The molecule has 4 nitrogen and oxygen atoms in total. The smallest absolute Gasteiger partial charge is 0.407 e. The van der Waals surface area contributed by atoms with Gasteiger partial charge in [-0.25, -0.2) is 4.79 Å². The molecule has 104 valence electrons. The van der Waals surface area contributed by atoms with E-state index in [4.69, 9.17) is 0 Å². The highest BCUT2D eigenvalue weighted by Gasteiger charge is 2.41. The fourth-order valence-electron chi connectivity index (χ4n) is 2.76. The summed E-state index contributed by atoms with van der Waals surface area (Å²) in [5, 5.41) is 19.5. The number of aliphatic hydroxyl groups is 1. The number of rotatable bonds is 0. The van der Waals surface area contributed by atoms with Crippen LogP contribution in [0.2, 0.25) is 0 Å². The van der Waals surface area contributed by atoms with E-state index >= 15 is 0 Å². The fraction of sp³-hybridized carbons (Fsp3) is 0.500. The molecule has 5 heteroatoms. The summed E-state index contributed by atoms with van der Waals surface area (Å²) in [5.74, 6) is 0. The summed E-state index contributed by atoms with van der Waals surface area (Å²) in [6, 6.07) is 5.40. The van der Waals surface area contributed by atoms with Gasteiger partial charge in [-0.05, 0) is 28.7 Å². The van der Waals surface area contributed by atoms with Crippen LogP contribution in [-0.4, -0.2) is 27.8 Å². The van der Waals surface area contributed by atoms with Crippen LogP contribution >= 0.6 is 15.9 Å². The van der Waals surface area contributed by atoms with Crippen molar-refractivity contribution in [2.75, 3.05) is 6.54 Å². The first-order chi connectivity index (χ1) is 8.71. The molecule has 0 aliphatic carbocycles. The highest BCUT2D eigenvalue weighted by atomic mass is 79.9. The molecular formula is C14H18BrNO3. The molecule has 19 heavy (non-hydrogen) atoms. The molecule has 0 saturated heterocycles. The Labute approximate surface area is 121 Å². The van der Waals surface area contributed by atoms with E-state index in [1.165, 1.54) is 4.90 Å². The van der Waals surface area contributed by atoms with Gasteiger partial charge in [0.15, 0.2) is 0 Å². The van der Waals surface area contributed by atoms with Crippen molar-refractivity contribution in [3.05, 3.63) is 33.8 Å². The van der Waals surface area contributed by atoms with Crippen molar-refractivity contribution in [3.8, 4) is 0 Å². The van der Waals surface area contributed by atoms with E-state index in [0.717, 1.165) is 15.6 Å². The second kappa shape index (κ2) is 4.80. The first kappa shape index (κ1) is 14.3. The Morgan fingerprint density at radius 2 is 2.00 bits per heavy atom. The number of carbonyl (C=O) groups is 1. The molecular weight excluding hydrogens is 310 g/mol. The Hall–Kier alpha value is -1.07. The van der Waals surface area contributed by atoms with Gasteiger partial charge in [0.2, 0.25) is 0 Å². The van der Waals surface area contributed by atoms with E-state index in [2.05, 4.69) is 15.9 Å². The zero-order valence-electron chi connectivity index (χ0n) is 11.2. The summed E-state index contributed by atoms with van der Waals surface area (Å²) in [4.78, 5) is 12.8. The Balaban J connectivity index is 2.59. The maximum absolute atomic E-state index is 11.4. The third-order valence-electron chi connectivity index (χ3n) is 3.45. The Bertz CT molecular complexity index is 510. The van der Waals surface area contributed by atoms with Crippen LogP contribution in [0.15, 0.2) is 22.7 Å². The van der Waals surface area contributed by atoms with Crippen molar-refractivity contribution >= 4 is 22.0 Å². The molecule has 1 heterocycles. The van der Waals surface area contributed by atoms with E-state index < -0.39 is 12.2 Å². The minimum Gasteiger partial charge on any atom is -0.465 e. The van der Waals surface area contributed by atoms with E-state index in [9.17, 15) is 15.0 Å². The van der Waals surface area contributed by atoms with Crippen molar-refractivity contribution in [2.45, 2.75) is 32.9 Å². The van der Waals surface area contributed by atoms with E-state index in [-0.39, 0.29) is 18.0 Å². The highest BCUT2D eigenvalue weighted by Crippen LogP contribution is 2.45. The number of β-amino-alcohol motifs (C(OH)–C–C–N with tert-alkyl or cyclic N) is 1. The molecule has 0 radical (unpaired) electrons. The maximum Gasteiger partial charge on any atom is 0.407 e. The number of aliphatic hydroxyl groups excluding tert-OH is 1. The molecule has 1 aromatic carbocycles. The summed E-state index contributed by atoms with van der Waals surface area (Å²) < 4.78 is 0.890. The van der Waals surface area contributed by atoms with Crippen molar-refractivity contribution in [1.29, 1.82) is 0 Å². The second-order valence-electron chi connectivity index (χ2n) is 5.99. The van der Waals surface area contributed by atoms with Gasteiger partial charge in [0.25, 0.3) is 0 Å². The molecule has 2 N–H and O–H groups in total. The Morgan fingerprint density at radius 1 is 1.37 bits per heavy atom. The lowest BCUT2D eigenvalue weighted by Gasteiger charge is -2.44. The van der Waals surface area contributed by atoms with Crippen molar-refractivity contribution < 1.29 is 15.0 Å². The topological polar surface area (TPSA) is 60.8 Å². The van der Waals surface area contributed by atoms with Gasteiger partial charge in [0.1, 0.15) is 0 Å². The number of nitrogens with zero attached hydrogens (tertiary/aromatic N) is 1. The summed E-state index contributed by atoms with van der Waals surface area (Å²) in [5.41, 5.74) is 1.46. The zero-order valence-corrected chi connectivity index (χ0v) is 12.8. The van der Waals surface area contributed by atoms with Gasteiger partial charge >= 0.3 is 6.09 Å². The van der Waals surface area contributed by atoms with Crippen molar-refractivity contribution in [2.24, 2.45) is 5.41 Å². The van der Waals surface area contributed by atoms with E-state index in [1.54, 1.807) is 0 Å². The summed E-state index contributed by atoms with van der Waals surface area (Å²) >= 11 is 3.39. The van der Waals surface area contributed by atoms with Gasteiger partial charge in [-0.2, -0.15) is 0 Å². The van der Waals surface area contributed by atoms with Crippen molar-refractivity contribution in [3.63, 3.8) is 0 Å². The van der Waals surface area contributed by atoms with Crippen LogP contribution < -0.4 is 0 Å². The van der Waals surface area contributed by atoms with Crippen LogP contribution in [0.25, 0.3) is 0 Å². The Kier molecular flexibility index (Phi) is 3.62. The van der Waals surface area contributed by atoms with Gasteiger partial charge in [0.05, 0.1) is 18.7 Å². The molecule has 2 rings (SSSR count). The lowest BCUT2D eigenvalue weighted by atomic mass is 9.76. The molecule has 0 fully saturated rings. The molecule has 1 aliphatic rings. The number of halogens is 1. The normalized spacial score (nSPS) is 23.1. The van der Waals surface area contributed by atoms with Gasteiger partial charge in [-0.15, -0.1) is 0 Å². The van der Waals surface area contributed by atoms with Crippen LogP contribution in [0.1, 0.15) is 44.0 Å². The molecule has 1 amide bonds. The number of fused-ring (bicyclic) bond motifs is 1. The van der Waals surface area contributed by atoms with Crippen LogP contribution in [0, 0.1) is 5.41 Å². The average molecular weight is 328 g/mol. The molecule has 0 bridgehead atoms. The zero-order chi connectivity index (χ0) is 14.4. The van der Waals surface area contributed by atoms with Gasteiger partial charge in [0, 0.05) is 4.47 Å². The summed E-state index contributed by atoms with van der Waals surface area (Å²) in [6.45, 7) is 6.14. The minimum atomic E-state index is -0.993. The third-order valence-corrected chi connectivity index (χ3v) is 3.94. The fourth-order valence-corrected chi connectivity index (χ4v) is 3.14. The summed E-state index contributed by atoms with van der Waals surface area (Å²) in [6.07, 6.45) is -1.77. The minimum absolute atomic E-state index is 0.112. The number of amides is 1. The molecule has 1 aromatic rings. The second-order valence-corrected chi connectivity index (χ2v) is 6.91. The SMILES string of the molecule is CC(C)(C)C1c2ccc(Br)cc2C(O)CN1C(=O)O.